The molecule has 1 amide bonds. The zero-order valence-corrected chi connectivity index (χ0v) is 13.7. The van der Waals surface area contributed by atoms with Crippen LogP contribution < -0.4 is 9.64 Å². The van der Waals surface area contributed by atoms with Crippen LogP contribution in [0.1, 0.15) is 25.3 Å². The summed E-state index contributed by atoms with van der Waals surface area (Å²) < 4.78 is 5.18. The van der Waals surface area contributed by atoms with Crippen LogP contribution >= 0.6 is 0 Å². The molecule has 23 heavy (non-hydrogen) atoms. The number of rotatable bonds is 3. The van der Waals surface area contributed by atoms with Crippen LogP contribution in [-0.4, -0.2) is 13.0 Å². The van der Waals surface area contributed by atoms with Crippen molar-refractivity contribution < 1.29 is 9.53 Å². The first-order valence-corrected chi connectivity index (χ1v) is 7.75. The molecule has 1 atom stereocenters. The van der Waals surface area contributed by atoms with Gasteiger partial charge in [-0.3, -0.25) is 9.69 Å². The number of hydrogen-bond donors (Lipinski definition) is 0. The molecule has 1 aliphatic heterocycles. The van der Waals surface area contributed by atoms with Gasteiger partial charge in [0.15, 0.2) is 0 Å². The summed E-state index contributed by atoms with van der Waals surface area (Å²) in [4.78, 5) is 14.8. The highest BCUT2D eigenvalue weighted by molar-refractivity contribution is 6.00. The van der Waals surface area contributed by atoms with Crippen LogP contribution in [0.5, 0.6) is 5.75 Å². The average molecular weight is 307 g/mol. The number of amides is 1. The van der Waals surface area contributed by atoms with Gasteiger partial charge in [-0.1, -0.05) is 50.3 Å². The van der Waals surface area contributed by atoms with Crippen molar-refractivity contribution in [3.8, 4) is 5.75 Å². The van der Waals surface area contributed by atoms with Crippen molar-refractivity contribution in [2.75, 3.05) is 12.0 Å². The maximum atomic E-state index is 13.0. The van der Waals surface area contributed by atoms with Crippen molar-refractivity contribution in [1.82, 2.24) is 0 Å². The lowest BCUT2D eigenvalue weighted by Gasteiger charge is -2.39. The van der Waals surface area contributed by atoms with E-state index in [1.165, 1.54) is 0 Å². The van der Waals surface area contributed by atoms with Crippen LogP contribution in [0, 0.1) is 5.41 Å². The molecule has 0 N–H and O–H groups in total. The van der Waals surface area contributed by atoms with Crippen LogP contribution in [0.15, 0.2) is 66.9 Å². The average Bonchev–Trinajstić information content (AvgIpc) is 2.58. The van der Waals surface area contributed by atoms with Crippen molar-refractivity contribution >= 4 is 11.6 Å². The van der Waals surface area contributed by atoms with E-state index in [0.717, 1.165) is 17.0 Å². The molecule has 1 aliphatic rings. The van der Waals surface area contributed by atoms with E-state index in [4.69, 9.17) is 4.74 Å². The molecule has 0 radical (unpaired) electrons. The third-order valence-corrected chi connectivity index (χ3v) is 4.48. The van der Waals surface area contributed by atoms with E-state index in [2.05, 4.69) is 18.2 Å². The van der Waals surface area contributed by atoms with Gasteiger partial charge in [0.05, 0.1) is 12.5 Å². The Balaban J connectivity index is 1.95. The Bertz CT molecular complexity index is 717. The van der Waals surface area contributed by atoms with Gasteiger partial charge in [0.2, 0.25) is 5.91 Å². The zero-order chi connectivity index (χ0) is 16.4. The Morgan fingerprint density at radius 2 is 1.65 bits per heavy atom. The molecule has 1 unspecified atom stereocenters. The smallest absolute Gasteiger partial charge is 0.237 e. The SMILES string of the molecule is COc1ccc(N2C=CC(c3ccccc3)C(C)(C)C2=O)cc1. The summed E-state index contributed by atoms with van der Waals surface area (Å²) in [7, 11) is 1.63. The van der Waals surface area contributed by atoms with Gasteiger partial charge in [0, 0.05) is 17.8 Å². The zero-order valence-electron chi connectivity index (χ0n) is 13.7. The first-order chi connectivity index (χ1) is 11.0. The predicted molar refractivity (Wildman–Crippen MR) is 92.6 cm³/mol. The number of nitrogens with zero attached hydrogens (tertiary/aromatic N) is 1. The van der Waals surface area contributed by atoms with E-state index >= 15 is 0 Å². The monoisotopic (exact) mass is 307 g/mol. The van der Waals surface area contributed by atoms with Crippen LogP contribution in [0.3, 0.4) is 0 Å². The van der Waals surface area contributed by atoms with Gasteiger partial charge in [0.1, 0.15) is 5.75 Å². The van der Waals surface area contributed by atoms with Gasteiger partial charge >= 0.3 is 0 Å². The van der Waals surface area contributed by atoms with E-state index in [1.54, 1.807) is 12.0 Å². The molecular formula is C20H21NO2. The Morgan fingerprint density at radius 1 is 1.00 bits per heavy atom. The van der Waals surface area contributed by atoms with E-state index in [-0.39, 0.29) is 11.8 Å². The molecular weight excluding hydrogens is 286 g/mol. The molecule has 2 aromatic carbocycles. The summed E-state index contributed by atoms with van der Waals surface area (Å²) in [6, 6.07) is 17.7. The molecule has 0 bridgehead atoms. The lowest BCUT2D eigenvalue weighted by molar-refractivity contribution is -0.127. The molecule has 3 heteroatoms. The third-order valence-electron chi connectivity index (χ3n) is 4.48. The summed E-state index contributed by atoms with van der Waals surface area (Å²) in [6.45, 7) is 4.01. The number of benzene rings is 2. The molecule has 0 saturated heterocycles. The molecule has 2 aromatic rings. The fraction of sp³-hybridized carbons (Fsp3) is 0.250. The second-order valence-corrected chi connectivity index (χ2v) is 6.32. The van der Waals surface area contributed by atoms with Crippen LogP contribution in [-0.2, 0) is 4.79 Å². The second-order valence-electron chi connectivity index (χ2n) is 6.32. The number of methoxy groups -OCH3 is 1. The second kappa shape index (κ2) is 5.92. The lowest BCUT2D eigenvalue weighted by atomic mass is 9.72. The Morgan fingerprint density at radius 3 is 2.26 bits per heavy atom. The van der Waals surface area contributed by atoms with Crippen molar-refractivity contribution in [1.29, 1.82) is 0 Å². The third kappa shape index (κ3) is 2.74. The molecule has 3 rings (SSSR count). The van der Waals surface area contributed by atoms with E-state index < -0.39 is 5.41 Å². The summed E-state index contributed by atoms with van der Waals surface area (Å²) >= 11 is 0. The van der Waals surface area contributed by atoms with Gasteiger partial charge in [-0.2, -0.15) is 0 Å². The number of ether oxygens (including phenoxy) is 1. The Labute approximate surface area is 137 Å². The molecule has 0 aromatic heterocycles. The first-order valence-electron chi connectivity index (χ1n) is 7.75. The fourth-order valence-electron chi connectivity index (χ4n) is 3.06. The Kier molecular flexibility index (Phi) is 3.95. The quantitative estimate of drug-likeness (QED) is 0.843. The molecule has 0 saturated carbocycles. The minimum Gasteiger partial charge on any atom is -0.497 e. The van der Waals surface area contributed by atoms with E-state index in [0.29, 0.717) is 0 Å². The molecule has 118 valence electrons. The van der Waals surface area contributed by atoms with Gasteiger partial charge in [-0.25, -0.2) is 0 Å². The van der Waals surface area contributed by atoms with Crippen molar-refractivity contribution in [3.63, 3.8) is 0 Å². The van der Waals surface area contributed by atoms with E-state index in [9.17, 15) is 4.79 Å². The molecule has 3 nitrogen and oxygen atoms in total. The fourth-order valence-corrected chi connectivity index (χ4v) is 3.06. The van der Waals surface area contributed by atoms with Crippen LogP contribution in [0.2, 0.25) is 0 Å². The van der Waals surface area contributed by atoms with Gasteiger partial charge in [-0.15, -0.1) is 0 Å². The van der Waals surface area contributed by atoms with Gasteiger partial charge in [0.25, 0.3) is 0 Å². The van der Waals surface area contributed by atoms with Crippen molar-refractivity contribution in [2.24, 2.45) is 5.41 Å². The number of anilines is 1. The molecule has 1 heterocycles. The summed E-state index contributed by atoms with van der Waals surface area (Å²) in [5.74, 6) is 0.952. The number of hydrogen-bond acceptors (Lipinski definition) is 2. The maximum Gasteiger partial charge on any atom is 0.237 e. The van der Waals surface area contributed by atoms with E-state index in [1.807, 2.05) is 62.5 Å². The predicted octanol–water partition coefficient (Wildman–Crippen LogP) is 4.37. The minimum absolute atomic E-state index is 0.0747. The minimum atomic E-state index is -0.504. The number of carbonyl (C=O) groups excluding carboxylic acids is 1. The van der Waals surface area contributed by atoms with Crippen molar-refractivity contribution in [3.05, 3.63) is 72.4 Å². The van der Waals surface area contributed by atoms with Crippen molar-refractivity contribution in [2.45, 2.75) is 19.8 Å². The van der Waals surface area contributed by atoms with Gasteiger partial charge in [-0.05, 0) is 29.8 Å². The topological polar surface area (TPSA) is 29.5 Å². The maximum absolute atomic E-state index is 13.0. The lowest BCUT2D eigenvalue weighted by Crippen LogP contribution is -2.44. The summed E-state index contributed by atoms with van der Waals surface area (Å²) in [6.07, 6.45) is 3.99. The highest BCUT2D eigenvalue weighted by Gasteiger charge is 2.41. The van der Waals surface area contributed by atoms with Gasteiger partial charge < -0.3 is 4.74 Å². The highest BCUT2D eigenvalue weighted by Crippen LogP contribution is 2.42. The largest absolute Gasteiger partial charge is 0.497 e. The molecule has 0 aliphatic carbocycles. The van der Waals surface area contributed by atoms with Crippen LogP contribution in [0.4, 0.5) is 5.69 Å². The normalized spacial score (nSPS) is 19.7. The molecule has 0 spiro atoms. The first kappa shape index (κ1) is 15.3. The number of allylic oxidation sites excluding steroid dienone is 1. The number of carbonyl (C=O) groups is 1. The standard InChI is InChI=1S/C20H21NO2/c1-20(2)18(15-7-5-4-6-8-15)13-14-21(19(20)22)16-9-11-17(23-3)12-10-16/h4-14,18H,1-3H3. The summed E-state index contributed by atoms with van der Waals surface area (Å²) in [5, 5.41) is 0. The summed E-state index contributed by atoms with van der Waals surface area (Å²) in [5.41, 5.74) is 1.51. The highest BCUT2D eigenvalue weighted by atomic mass is 16.5. The molecule has 0 fully saturated rings. The Hall–Kier alpha value is -2.55. The van der Waals surface area contributed by atoms with Crippen LogP contribution in [0.25, 0.3) is 0 Å².